The van der Waals surface area contributed by atoms with E-state index >= 15 is 0 Å². The maximum Gasteiger partial charge on any atom is 0.119 e. The number of benzene rings is 1. The van der Waals surface area contributed by atoms with Crippen molar-refractivity contribution in [1.29, 1.82) is 0 Å². The fourth-order valence-electron chi connectivity index (χ4n) is 1.04. The van der Waals surface area contributed by atoms with Crippen LogP contribution in [0.15, 0.2) is 36.4 Å². The molecule has 0 amide bonds. The van der Waals surface area contributed by atoms with Gasteiger partial charge in [0.2, 0.25) is 0 Å². The van der Waals surface area contributed by atoms with Crippen LogP contribution < -0.4 is 10.1 Å². The van der Waals surface area contributed by atoms with Crippen molar-refractivity contribution in [2.24, 2.45) is 0 Å². The Morgan fingerprint density at radius 3 is 2.57 bits per heavy atom. The largest absolute Gasteiger partial charge is 0.497 e. The molecule has 14 heavy (non-hydrogen) atoms. The summed E-state index contributed by atoms with van der Waals surface area (Å²) in [6.07, 6.45) is 3.58. The maximum absolute atomic E-state index is 8.50. The molecule has 1 aromatic rings. The van der Waals surface area contributed by atoms with E-state index in [-0.39, 0.29) is 6.61 Å². The van der Waals surface area contributed by atoms with Gasteiger partial charge in [0.15, 0.2) is 0 Å². The van der Waals surface area contributed by atoms with Gasteiger partial charge < -0.3 is 15.2 Å². The number of nitrogens with one attached hydrogen (secondary N) is 1. The molecule has 0 fully saturated rings. The number of methoxy groups -OCH3 is 1. The van der Waals surface area contributed by atoms with E-state index in [1.165, 1.54) is 0 Å². The fraction of sp³-hybridized carbons (Fsp3) is 0.273. The summed E-state index contributed by atoms with van der Waals surface area (Å²) in [6, 6.07) is 7.70. The van der Waals surface area contributed by atoms with Gasteiger partial charge in [-0.25, -0.2) is 0 Å². The van der Waals surface area contributed by atoms with Gasteiger partial charge in [-0.3, -0.25) is 0 Å². The SMILES string of the molecule is COc1ccc(NC/C=C/CO)cc1. The summed E-state index contributed by atoms with van der Waals surface area (Å²) < 4.78 is 5.04. The van der Waals surface area contributed by atoms with Gasteiger partial charge in [-0.2, -0.15) is 0 Å². The van der Waals surface area contributed by atoms with Gasteiger partial charge in [0.1, 0.15) is 5.75 Å². The van der Waals surface area contributed by atoms with Gasteiger partial charge in [0.25, 0.3) is 0 Å². The second-order valence-electron chi connectivity index (χ2n) is 2.76. The second-order valence-corrected chi connectivity index (χ2v) is 2.76. The van der Waals surface area contributed by atoms with Crippen LogP contribution in [0.1, 0.15) is 0 Å². The molecule has 3 heteroatoms. The summed E-state index contributed by atoms with van der Waals surface area (Å²) in [5.74, 6) is 0.849. The highest BCUT2D eigenvalue weighted by Gasteiger charge is 1.90. The Labute approximate surface area is 84.0 Å². The molecule has 1 aromatic carbocycles. The molecule has 0 unspecified atom stereocenters. The summed E-state index contributed by atoms with van der Waals surface area (Å²) in [6.45, 7) is 0.803. The third-order valence-corrected chi connectivity index (χ3v) is 1.79. The minimum atomic E-state index is 0.0876. The van der Waals surface area contributed by atoms with Crippen LogP contribution in [-0.4, -0.2) is 25.4 Å². The molecule has 0 saturated heterocycles. The van der Waals surface area contributed by atoms with Crippen LogP contribution >= 0.6 is 0 Å². The van der Waals surface area contributed by atoms with Crippen molar-refractivity contribution < 1.29 is 9.84 Å². The molecule has 1 rings (SSSR count). The topological polar surface area (TPSA) is 41.5 Å². The van der Waals surface area contributed by atoms with E-state index in [1.807, 2.05) is 30.3 Å². The molecule has 0 bridgehead atoms. The van der Waals surface area contributed by atoms with Gasteiger partial charge in [-0.05, 0) is 24.3 Å². The van der Waals surface area contributed by atoms with Crippen molar-refractivity contribution in [3.05, 3.63) is 36.4 Å². The Balaban J connectivity index is 2.40. The van der Waals surface area contributed by atoms with Crippen molar-refractivity contribution in [2.45, 2.75) is 0 Å². The maximum atomic E-state index is 8.50. The lowest BCUT2D eigenvalue weighted by atomic mass is 10.3. The summed E-state index contributed by atoms with van der Waals surface area (Å²) in [5, 5.41) is 11.7. The van der Waals surface area contributed by atoms with Crippen molar-refractivity contribution in [3.8, 4) is 5.75 Å². The van der Waals surface area contributed by atoms with Crippen molar-refractivity contribution in [3.63, 3.8) is 0 Å². The summed E-state index contributed by atoms with van der Waals surface area (Å²) in [7, 11) is 1.65. The predicted molar refractivity (Wildman–Crippen MR) is 57.7 cm³/mol. The number of ether oxygens (including phenoxy) is 1. The van der Waals surface area contributed by atoms with Crippen LogP contribution in [0.25, 0.3) is 0 Å². The molecule has 3 nitrogen and oxygen atoms in total. The van der Waals surface area contributed by atoms with Crippen LogP contribution in [0.2, 0.25) is 0 Å². The van der Waals surface area contributed by atoms with E-state index in [0.29, 0.717) is 6.54 Å². The van der Waals surface area contributed by atoms with E-state index in [2.05, 4.69) is 5.32 Å². The van der Waals surface area contributed by atoms with E-state index in [4.69, 9.17) is 9.84 Å². The molecule has 0 aromatic heterocycles. The minimum Gasteiger partial charge on any atom is -0.497 e. The molecule has 0 saturated carbocycles. The molecule has 76 valence electrons. The van der Waals surface area contributed by atoms with Gasteiger partial charge in [0, 0.05) is 12.2 Å². The third kappa shape index (κ3) is 3.49. The number of hydrogen-bond donors (Lipinski definition) is 2. The number of aliphatic hydroxyl groups excluding tert-OH is 1. The van der Waals surface area contributed by atoms with E-state index in [9.17, 15) is 0 Å². The normalized spacial score (nSPS) is 10.4. The van der Waals surface area contributed by atoms with Crippen molar-refractivity contribution in [1.82, 2.24) is 0 Å². The van der Waals surface area contributed by atoms with E-state index < -0.39 is 0 Å². The molecule has 0 aliphatic carbocycles. The zero-order valence-corrected chi connectivity index (χ0v) is 8.23. The molecule has 0 radical (unpaired) electrons. The summed E-state index contributed by atoms with van der Waals surface area (Å²) in [4.78, 5) is 0. The molecule has 2 N–H and O–H groups in total. The molecule has 0 aliphatic heterocycles. The van der Waals surface area contributed by atoms with Crippen LogP contribution in [0, 0.1) is 0 Å². The lowest BCUT2D eigenvalue weighted by Crippen LogP contribution is -1.98. The smallest absolute Gasteiger partial charge is 0.119 e. The average molecular weight is 193 g/mol. The first kappa shape index (κ1) is 10.6. The van der Waals surface area contributed by atoms with E-state index in [1.54, 1.807) is 13.2 Å². The molecule has 0 spiro atoms. The first-order valence-corrected chi connectivity index (χ1v) is 4.50. The lowest BCUT2D eigenvalue weighted by molar-refractivity contribution is 0.342. The predicted octanol–water partition coefficient (Wildman–Crippen LogP) is 1.66. The van der Waals surface area contributed by atoms with Crippen LogP contribution in [0.5, 0.6) is 5.75 Å². The quantitative estimate of drug-likeness (QED) is 0.699. The summed E-state index contributed by atoms with van der Waals surface area (Å²) >= 11 is 0. The summed E-state index contributed by atoms with van der Waals surface area (Å²) in [5.41, 5.74) is 1.04. The lowest BCUT2D eigenvalue weighted by Gasteiger charge is -2.04. The highest BCUT2D eigenvalue weighted by atomic mass is 16.5. The van der Waals surface area contributed by atoms with Crippen molar-refractivity contribution >= 4 is 5.69 Å². The zero-order valence-electron chi connectivity index (χ0n) is 8.23. The third-order valence-electron chi connectivity index (χ3n) is 1.79. The molecule has 0 aliphatic rings. The molecular formula is C11H15NO2. The van der Waals surface area contributed by atoms with Gasteiger partial charge >= 0.3 is 0 Å². The Bertz CT molecular complexity index is 280. The Morgan fingerprint density at radius 2 is 2.00 bits per heavy atom. The average Bonchev–Trinajstić information content (AvgIpc) is 2.25. The van der Waals surface area contributed by atoms with Crippen LogP contribution in [0.4, 0.5) is 5.69 Å². The highest BCUT2D eigenvalue weighted by molar-refractivity contribution is 5.46. The zero-order chi connectivity index (χ0) is 10.2. The number of rotatable bonds is 5. The highest BCUT2D eigenvalue weighted by Crippen LogP contribution is 2.14. The van der Waals surface area contributed by atoms with Crippen LogP contribution in [-0.2, 0) is 0 Å². The van der Waals surface area contributed by atoms with Crippen molar-refractivity contribution in [2.75, 3.05) is 25.6 Å². The molecule has 0 heterocycles. The van der Waals surface area contributed by atoms with Gasteiger partial charge in [-0.1, -0.05) is 12.2 Å². The van der Waals surface area contributed by atoms with Gasteiger partial charge in [0.05, 0.1) is 13.7 Å². The first-order chi connectivity index (χ1) is 6.86. The second kappa shape index (κ2) is 6.05. The standard InChI is InChI=1S/C11H15NO2/c1-14-11-6-4-10(5-7-11)12-8-2-3-9-13/h2-7,12-13H,8-9H2,1H3/b3-2+. The Morgan fingerprint density at radius 1 is 1.29 bits per heavy atom. The van der Waals surface area contributed by atoms with Crippen LogP contribution in [0.3, 0.4) is 0 Å². The Kier molecular flexibility index (Phi) is 4.58. The number of anilines is 1. The Hall–Kier alpha value is -1.48. The molecular weight excluding hydrogens is 178 g/mol. The number of hydrogen-bond acceptors (Lipinski definition) is 3. The van der Waals surface area contributed by atoms with Gasteiger partial charge in [-0.15, -0.1) is 0 Å². The first-order valence-electron chi connectivity index (χ1n) is 4.50. The number of aliphatic hydroxyl groups is 1. The minimum absolute atomic E-state index is 0.0876. The monoisotopic (exact) mass is 193 g/mol. The van der Waals surface area contributed by atoms with E-state index in [0.717, 1.165) is 11.4 Å². The fourth-order valence-corrected chi connectivity index (χ4v) is 1.04. The molecule has 0 atom stereocenters.